The maximum atomic E-state index is 11.4. The third-order valence-electron chi connectivity index (χ3n) is 6.20. The van der Waals surface area contributed by atoms with Crippen molar-refractivity contribution in [3.63, 3.8) is 0 Å². The Morgan fingerprint density at radius 1 is 1.03 bits per heavy atom. The van der Waals surface area contributed by atoms with Gasteiger partial charge in [0, 0.05) is 58.9 Å². The van der Waals surface area contributed by atoms with Gasteiger partial charge >= 0.3 is 5.97 Å². The van der Waals surface area contributed by atoms with Crippen LogP contribution in [0.15, 0.2) is 48.5 Å². The van der Waals surface area contributed by atoms with Crippen molar-refractivity contribution >= 4 is 5.97 Å². The van der Waals surface area contributed by atoms with Crippen molar-refractivity contribution in [2.24, 2.45) is 0 Å². The van der Waals surface area contributed by atoms with E-state index in [0.717, 1.165) is 62.8 Å². The maximum Gasteiger partial charge on any atom is 0.302 e. The highest BCUT2D eigenvalue weighted by molar-refractivity contribution is 5.66. The van der Waals surface area contributed by atoms with Gasteiger partial charge in [-0.05, 0) is 17.2 Å². The van der Waals surface area contributed by atoms with Gasteiger partial charge < -0.3 is 14.2 Å². The van der Waals surface area contributed by atoms with Crippen LogP contribution in [0.1, 0.15) is 35.6 Å². The smallest absolute Gasteiger partial charge is 0.302 e. The van der Waals surface area contributed by atoms with E-state index in [1.165, 1.54) is 12.5 Å². The van der Waals surface area contributed by atoms with E-state index in [-0.39, 0.29) is 18.0 Å². The number of fused-ring (bicyclic) bond motifs is 1. The number of ether oxygens (including phenoxy) is 3. The van der Waals surface area contributed by atoms with E-state index in [1.54, 1.807) is 7.11 Å². The summed E-state index contributed by atoms with van der Waals surface area (Å²) >= 11 is 0. The van der Waals surface area contributed by atoms with E-state index >= 15 is 0 Å². The van der Waals surface area contributed by atoms with Crippen LogP contribution in [0.5, 0.6) is 5.75 Å². The fraction of sp³-hybridized carbons (Fsp3) is 0.480. The molecule has 0 amide bonds. The minimum Gasteiger partial charge on any atom is -0.485 e. The molecule has 2 aliphatic rings. The first kappa shape index (κ1) is 21.8. The summed E-state index contributed by atoms with van der Waals surface area (Å²) in [7, 11) is 1.76. The highest BCUT2D eigenvalue weighted by Gasteiger charge is 2.36. The molecule has 31 heavy (non-hydrogen) atoms. The molecule has 2 aliphatic heterocycles. The zero-order valence-corrected chi connectivity index (χ0v) is 18.5. The van der Waals surface area contributed by atoms with Gasteiger partial charge in [0.15, 0.2) is 0 Å². The average molecular weight is 425 g/mol. The van der Waals surface area contributed by atoms with E-state index in [4.69, 9.17) is 14.2 Å². The zero-order chi connectivity index (χ0) is 21.6. The summed E-state index contributed by atoms with van der Waals surface area (Å²) in [6.07, 6.45) is -0.143. The second kappa shape index (κ2) is 10.3. The van der Waals surface area contributed by atoms with Crippen LogP contribution in [0.25, 0.3) is 0 Å². The predicted molar refractivity (Wildman–Crippen MR) is 119 cm³/mol. The second-order valence-electron chi connectivity index (χ2n) is 8.34. The predicted octanol–water partition coefficient (Wildman–Crippen LogP) is 3.23. The molecule has 1 fully saturated rings. The topological polar surface area (TPSA) is 51.2 Å². The number of carbonyl (C=O) groups is 1. The van der Waals surface area contributed by atoms with Crippen LogP contribution in [-0.4, -0.2) is 68.8 Å². The summed E-state index contributed by atoms with van der Waals surface area (Å²) in [6, 6.07) is 16.7. The Morgan fingerprint density at radius 3 is 2.45 bits per heavy atom. The number of piperazine rings is 1. The van der Waals surface area contributed by atoms with Crippen molar-refractivity contribution in [2.75, 3.05) is 53.0 Å². The molecule has 0 aliphatic carbocycles. The lowest BCUT2D eigenvalue weighted by molar-refractivity contribution is -0.141. The van der Waals surface area contributed by atoms with Gasteiger partial charge in [-0.3, -0.25) is 14.6 Å². The SMILES string of the molecule is COCCN1CCN(Cc2ccc(C3Oc4ccccc4C3COC(C)=O)cc2)CC1. The molecule has 4 rings (SSSR count). The molecule has 2 heterocycles. The highest BCUT2D eigenvalue weighted by Crippen LogP contribution is 2.46. The maximum absolute atomic E-state index is 11.4. The summed E-state index contributed by atoms with van der Waals surface area (Å²) < 4.78 is 16.8. The van der Waals surface area contributed by atoms with E-state index in [2.05, 4.69) is 40.1 Å². The van der Waals surface area contributed by atoms with Crippen molar-refractivity contribution < 1.29 is 19.0 Å². The number of esters is 1. The fourth-order valence-corrected chi connectivity index (χ4v) is 4.42. The molecule has 0 N–H and O–H groups in total. The first-order valence-electron chi connectivity index (χ1n) is 11.1. The molecule has 1 saturated heterocycles. The number of benzene rings is 2. The number of rotatable bonds is 8. The van der Waals surface area contributed by atoms with Crippen LogP contribution in [-0.2, 0) is 20.8 Å². The number of hydrogen-bond acceptors (Lipinski definition) is 6. The number of carbonyl (C=O) groups excluding carboxylic acids is 1. The highest BCUT2D eigenvalue weighted by atomic mass is 16.5. The van der Waals surface area contributed by atoms with Gasteiger partial charge in [-0.25, -0.2) is 0 Å². The van der Waals surface area contributed by atoms with E-state index in [1.807, 2.05) is 18.2 Å². The summed E-state index contributed by atoms with van der Waals surface area (Å²) in [5.41, 5.74) is 3.52. The number of nitrogens with zero attached hydrogens (tertiary/aromatic N) is 2. The third kappa shape index (κ3) is 5.45. The Morgan fingerprint density at radius 2 is 1.74 bits per heavy atom. The molecule has 0 radical (unpaired) electrons. The molecule has 0 spiro atoms. The van der Waals surface area contributed by atoms with Gasteiger partial charge in [0.25, 0.3) is 0 Å². The van der Waals surface area contributed by atoms with Gasteiger partial charge in [0.1, 0.15) is 18.5 Å². The van der Waals surface area contributed by atoms with E-state index in [9.17, 15) is 4.79 Å². The van der Waals surface area contributed by atoms with Crippen LogP contribution in [0.2, 0.25) is 0 Å². The minimum absolute atomic E-state index is 0.00567. The third-order valence-corrected chi connectivity index (χ3v) is 6.20. The molecular weight excluding hydrogens is 392 g/mol. The number of para-hydroxylation sites is 1. The Hall–Kier alpha value is -2.41. The lowest BCUT2D eigenvalue weighted by Gasteiger charge is -2.34. The lowest BCUT2D eigenvalue weighted by atomic mass is 9.91. The van der Waals surface area contributed by atoms with Crippen LogP contribution >= 0.6 is 0 Å². The summed E-state index contributed by atoms with van der Waals surface area (Å²) in [6.45, 7) is 8.88. The Labute approximate surface area is 184 Å². The van der Waals surface area contributed by atoms with Crippen molar-refractivity contribution in [3.8, 4) is 5.75 Å². The van der Waals surface area contributed by atoms with E-state index in [0.29, 0.717) is 6.61 Å². The van der Waals surface area contributed by atoms with Crippen LogP contribution < -0.4 is 4.74 Å². The number of methoxy groups -OCH3 is 1. The molecule has 0 saturated carbocycles. The normalized spacial score (nSPS) is 21.5. The Balaban J connectivity index is 1.38. The fourth-order valence-electron chi connectivity index (χ4n) is 4.42. The van der Waals surface area contributed by atoms with Crippen LogP contribution in [0.4, 0.5) is 0 Å². The van der Waals surface area contributed by atoms with Gasteiger partial charge in [0.2, 0.25) is 0 Å². The van der Waals surface area contributed by atoms with Gasteiger partial charge in [0.05, 0.1) is 12.5 Å². The molecule has 2 atom stereocenters. The molecular formula is C25H32N2O4. The lowest BCUT2D eigenvalue weighted by Crippen LogP contribution is -2.46. The molecule has 6 heteroatoms. The largest absolute Gasteiger partial charge is 0.485 e. The van der Waals surface area contributed by atoms with Crippen molar-refractivity contribution in [1.29, 1.82) is 0 Å². The standard InChI is InChI=1S/C25H32N2O4/c1-19(28)30-18-23-22-5-3-4-6-24(22)31-25(23)21-9-7-20(8-10-21)17-27-13-11-26(12-14-27)15-16-29-2/h3-10,23,25H,11-18H2,1-2H3. The first-order chi connectivity index (χ1) is 15.1. The quantitative estimate of drug-likeness (QED) is 0.607. The molecule has 2 unspecified atom stereocenters. The summed E-state index contributed by atoms with van der Waals surface area (Å²) in [5.74, 6) is 0.618. The summed E-state index contributed by atoms with van der Waals surface area (Å²) in [4.78, 5) is 16.3. The van der Waals surface area contributed by atoms with Crippen molar-refractivity contribution in [3.05, 3.63) is 65.2 Å². The first-order valence-corrected chi connectivity index (χ1v) is 11.1. The Kier molecular flexibility index (Phi) is 7.22. The Bertz CT molecular complexity index is 862. The van der Waals surface area contributed by atoms with Gasteiger partial charge in [-0.15, -0.1) is 0 Å². The van der Waals surface area contributed by atoms with Crippen LogP contribution in [0.3, 0.4) is 0 Å². The van der Waals surface area contributed by atoms with Crippen molar-refractivity contribution in [2.45, 2.75) is 25.5 Å². The molecule has 6 nitrogen and oxygen atoms in total. The van der Waals surface area contributed by atoms with Gasteiger partial charge in [-0.2, -0.15) is 0 Å². The molecule has 0 bridgehead atoms. The minimum atomic E-state index is -0.263. The molecule has 2 aromatic carbocycles. The molecule has 2 aromatic rings. The molecule has 166 valence electrons. The van der Waals surface area contributed by atoms with Crippen molar-refractivity contribution in [1.82, 2.24) is 9.80 Å². The monoisotopic (exact) mass is 424 g/mol. The number of hydrogen-bond donors (Lipinski definition) is 0. The van der Waals surface area contributed by atoms with E-state index < -0.39 is 0 Å². The average Bonchev–Trinajstić information content (AvgIpc) is 3.16. The van der Waals surface area contributed by atoms with Gasteiger partial charge in [-0.1, -0.05) is 42.5 Å². The summed E-state index contributed by atoms with van der Waals surface area (Å²) in [5, 5.41) is 0. The molecule has 0 aromatic heterocycles. The zero-order valence-electron chi connectivity index (χ0n) is 18.5. The second-order valence-corrected chi connectivity index (χ2v) is 8.34. The van der Waals surface area contributed by atoms with Crippen LogP contribution in [0, 0.1) is 0 Å².